The van der Waals surface area contributed by atoms with E-state index in [-0.39, 0.29) is 18.4 Å². The van der Waals surface area contributed by atoms with Crippen LogP contribution in [0.15, 0.2) is 35.5 Å². The smallest absolute Gasteiger partial charge is 0.224 e. The van der Waals surface area contributed by atoms with Gasteiger partial charge in [0.15, 0.2) is 5.82 Å². The van der Waals surface area contributed by atoms with E-state index in [9.17, 15) is 13.2 Å². The SMILES string of the molecule is CS(=O)(=O)N1CCC[C@H](C(=O)NCCSc2n[nH]c(-c3ccccc3)n2)C1. The Bertz CT molecular complexity index is 870. The van der Waals surface area contributed by atoms with E-state index in [0.29, 0.717) is 42.7 Å². The number of nitrogens with one attached hydrogen (secondary N) is 2. The van der Waals surface area contributed by atoms with Gasteiger partial charge in [0.1, 0.15) is 0 Å². The van der Waals surface area contributed by atoms with Gasteiger partial charge < -0.3 is 5.32 Å². The number of sulfonamides is 1. The highest BCUT2D eigenvalue weighted by Gasteiger charge is 2.29. The Balaban J connectivity index is 1.42. The monoisotopic (exact) mass is 409 g/mol. The first-order valence-corrected chi connectivity index (χ1v) is 11.6. The second kappa shape index (κ2) is 8.85. The van der Waals surface area contributed by atoms with Crippen molar-refractivity contribution in [2.75, 3.05) is 31.6 Å². The normalized spacial score (nSPS) is 18.3. The van der Waals surface area contributed by atoms with Crippen molar-refractivity contribution in [1.82, 2.24) is 24.8 Å². The molecular weight excluding hydrogens is 386 g/mol. The number of piperidine rings is 1. The number of carbonyl (C=O) groups is 1. The minimum atomic E-state index is -3.24. The number of thioether (sulfide) groups is 1. The zero-order valence-corrected chi connectivity index (χ0v) is 16.7. The van der Waals surface area contributed by atoms with Crippen LogP contribution in [-0.4, -0.2) is 65.5 Å². The lowest BCUT2D eigenvalue weighted by molar-refractivity contribution is -0.125. The molecule has 2 N–H and O–H groups in total. The van der Waals surface area contributed by atoms with Gasteiger partial charge in [0.25, 0.3) is 0 Å². The summed E-state index contributed by atoms with van der Waals surface area (Å²) in [7, 11) is -3.24. The molecule has 2 heterocycles. The van der Waals surface area contributed by atoms with Gasteiger partial charge in [0, 0.05) is 31.0 Å². The van der Waals surface area contributed by atoms with E-state index in [1.165, 1.54) is 22.3 Å². The number of hydrogen-bond donors (Lipinski definition) is 2. The number of H-pyrrole nitrogens is 1. The lowest BCUT2D eigenvalue weighted by Crippen LogP contribution is -2.45. The van der Waals surface area contributed by atoms with Crippen LogP contribution in [0.1, 0.15) is 12.8 Å². The number of aromatic nitrogens is 3. The first-order valence-electron chi connectivity index (χ1n) is 8.77. The molecule has 3 rings (SSSR count). The highest BCUT2D eigenvalue weighted by Crippen LogP contribution is 2.20. The summed E-state index contributed by atoms with van der Waals surface area (Å²) in [6.07, 6.45) is 2.61. The van der Waals surface area contributed by atoms with E-state index >= 15 is 0 Å². The summed E-state index contributed by atoms with van der Waals surface area (Å²) in [5.41, 5.74) is 0.970. The van der Waals surface area contributed by atoms with E-state index < -0.39 is 10.0 Å². The van der Waals surface area contributed by atoms with Gasteiger partial charge >= 0.3 is 0 Å². The molecule has 0 spiro atoms. The summed E-state index contributed by atoms with van der Waals surface area (Å²) in [5.74, 6) is 0.973. The maximum absolute atomic E-state index is 12.3. The molecule has 0 aliphatic carbocycles. The molecule has 8 nitrogen and oxygen atoms in total. The zero-order chi connectivity index (χ0) is 19.3. The van der Waals surface area contributed by atoms with Crippen LogP contribution in [-0.2, 0) is 14.8 Å². The maximum Gasteiger partial charge on any atom is 0.224 e. The quantitative estimate of drug-likeness (QED) is 0.528. The molecule has 1 atom stereocenters. The van der Waals surface area contributed by atoms with Gasteiger partial charge in [-0.3, -0.25) is 9.89 Å². The van der Waals surface area contributed by atoms with Crippen molar-refractivity contribution in [3.8, 4) is 11.4 Å². The Kier molecular flexibility index (Phi) is 6.51. The van der Waals surface area contributed by atoms with E-state index in [0.717, 1.165) is 5.56 Å². The fraction of sp³-hybridized carbons (Fsp3) is 0.471. The standard InChI is InChI=1S/C17H23N5O3S2/c1-27(24,25)22-10-5-8-14(12-22)16(23)18-9-11-26-17-19-15(20-21-17)13-6-3-2-4-7-13/h2-4,6-7,14H,5,8-12H2,1H3,(H,18,23)(H,19,20,21)/t14-/m0/s1. The lowest BCUT2D eigenvalue weighted by atomic mass is 9.99. The van der Waals surface area contributed by atoms with Crippen molar-refractivity contribution in [1.29, 1.82) is 0 Å². The molecule has 1 fully saturated rings. The van der Waals surface area contributed by atoms with Crippen LogP contribution in [0.25, 0.3) is 11.4 Å². The number of nitrogens with zero attached hydrogens (tertiary/aromatic N) is 3. The fourth-order valence-electron chi connectivity index (χ4n) is 2.95. The van der Waals surface area contributed by atoms with Crippen LogP contribution in [0.4, 0.5) is 0 Å². The van der Waals surface area contributed by atoms with Gasteiger partial charge in [-0.15, -0.1) is 5.10 Å². The molecule has 146 valence electrons. The predicted octanol–water partition coefficient (Wildman–Crippen LogP) is 1.35. The number of hydrogen-bond acceptors (Lipinski definition) is 6. The summed E-state index contributed by atoms with van der Waals surface area (Å²) >= 11 is 1.45. The van der Waals surface area contributed by atoms with Gasteiger partial charge in [-0.1, -0.05) is 42.1 Å². The number of carbonyl (C=O) groups excluding carboxylic acids is 1. The van der Waals surface area contributed by atoms with Crippen LogP contribution in [0.3, 0.4) is 0 Å². The second-order valence-corrected chi connectivity index (χ2v) is 9.48. The Labute approximate surface area is 163 Å². The Morgan fingerprint density at radius 2 is 2.15 bits per heavy atom. The molecule has 1 aliphatic rings. The van der Waals surface area contributed by atoms with Crippen molar-refractivity contribution in [3.63, 3.8) is 0 Å². The topological polar surface area (TPSA) is 108 Å². The second-order valence-electron chi connectivity index (χ2n) is 6.43. The Morgan fingerprint density at radius 1 is 1.37 bits per heavy atom. The van der Waals surface area contributed by atoms with Gasteiger partial charge in [0.2, 0.25) is 21.1 Å². The first kappa shape index (κ1) is 19.8. The van der Waals surface area contributed by atoms with E-state index in [2.05, 4.69) is 20.5 Å². The number of amides is 1. The Hall–Kier alpha value is -1.91. The third-order valence-corrected chi connectivity index (χ3v) is 6.49. The van der Waals surface area contributed by atoms with Crippen LogP contribution in [0.5, 0.6) is 0 Å². The fourth-order valence-corrected chi connectivity index (χ4v) is 4.52. The van der Waals surface area contributed by atoms with Gasteiger partial charge in [0.05, 0.1) is 12.2 Å². The predicted molar refractivity (Wildman–Crippen MR) is 105 cm³/mol. The van der Waals surface area contributed by atoms with Crippen LogP contribution < -0.4 is 5.32 Å². The molecule has 1 saturated heterocycles. The highest BCUT2D eigenvalue weighted by molar-refractivity contribution is 7.99. The largest absolute Gasteiger partial charge is 0.355 e. The summed E-state index contributed by atoms with van der Waals surface area (Å²) in [6, 6.07) is 9.74. The third-order valence-electron chi connectivity index (χ3n) is 4.37. The van der Waals surface area contributed by atoms with Crippen molar-refractivity contribution < 1.29 is 13.2 Å². The average molecular weight is 410 g/mol. The van der Waals surface area contributed by atoms with Crippen LogP contribution in [0.2, 0.25) is 0 Å². The van der Waals surface area contributed by atoms with Gasteiger partial charge in [-0.05, 0) is 12.8 Å². The van der Waals surface area contributed by atoms with Gasteiger partial charge in [-0.25, -0.2) is 17.7 Å². The molecule has 0 bridgehead atoms. The van der Waals surface area contributed by atoms with Crippen molar-refractivity contribution in [3.05, 3.63) is 30.3 Å². The third kappa shape index (κ3) is 5.53. The molecular formula is C17H23N5O3S2. The number of benzene rings is 1. The summed E-state index contributed by atoms with van der Waals surface area (Å²) < 4.78 is 24.7. The van der Waals surface area contributed by atoms with Crippen molar-refractivity contribution >= 4 is 27.7 Å². The minimum Gasteiger partial charge on any atom is -0.355 e. The van der Waals surface area contributed by atoms with Crippen molar-refractivity contribution in [2.24, 2.45) is 5.92 Å². The maximum atomic E-state index is 12.3. The summed E-state index contributed by atoms with van der Waals surface area (Å²) in [6.45, 7) is 1.24. The molecule has 0 radical (unpaired) electrons. The lowest BCUT2D eigenvalue weighted by Gasteiger charge is -2.30. The summed E-state index contributed by atoms with van der Waals surface area (Å²) in [5, 5.41) is 10.6. The molecule has 1 aliphatic heterocycles. The van der Waals surface area contributed by atoms with E-state index in [1.807, 2.05) is 30.3 Å². The minimum absolute atomic E-state index is 0.0936. The molecule has 27 heavy (non-hydrogen) atoms. The molecule has 10 heteroatoms. The van der Waals surface area contributed by atoms with Crippen LogP contribution >= 0.6 is 11.8 Å². The Morgan fingerprint density at radius 3 is 2.89 bits per heavy atom. The van der Waals surface area contributed by atoms with Crippen molar-refractivity contribution in [2.45, 2.75) is 18.0 Å². The number of aromatic amines is 1. The van der Waals surface area contributed by atoms with Gasteiger partial charge in [-0.2, -0.15) is 0 Å². The average Bonchev–Trinajstić information content (AvgIpc) is 3.14. The molecule has 0 unspecified atom stereocenters. The molecule has 1 aromatic heterocycles. The molecule has 2 aromatic rings. The van der Waals surface area contributed by atoms with E-state index in [4.69, 9.17) is 0 Å². The summed E-state index contributed by atoms with van der Waals surface area (Å²) in [4.78, 5) is 16.7. The number of rotatable bonds is 7. The molecule has 0 saturated carbocycles. The molecule has 1 amide bonds. The molecule has 1 aromatic carbocycles. The first-order chi connectivity index (χ1) is 12.9. The van der Waals surface area contributed by atoms with Crippen LogP contribution in [0, 0.1) is 5.92 Å². The zero-order valence-electron chi connectivity index (χ0n) is 15.1. The highest BCUT2D eigenvalue weighted by atomic mass is 32.2. The van der Waals surface area contributed by atoms with E-state index in [1.54, 1.807) is 0 Å².